The standard InChI is InChI=1S/C11H12FNO2/c12-4-5-13-6-8-2-1-3-9(11(14)15)10(8)7-13/h1-3H,4-7H2,(H,14,15). The Morgan fingerprint density at radius 1 is 1.47 bits per heavy atom. The second kappa shape index (κ2) is 3.98. The molecule has 3 nitrogen and oxygen atoms in total. The summed E-state index contributed by atoms with van der Waals surface area (Å²) >= 11 is 0. The van der Waals surface area contributed by atoms with Gasteiger partial charge in [0.05, 0.1) is 5.56 Å². The molecule has 4 heteroatoms. The predicted molar refractivity (Wildman–Crippen MR) is 53.5 cm³/mol. The average molecular weight is 209 g/mol. The van der Waals surface area contributed by atoms with Gasteiger partial charge >= 0.3 is 5.97 Å². The fraction of sp³-hybridized carbons (Fsp3) is 0.364. The highest BCUT2D eigenvalue weighted by Gasteiger charge is 2.23. The summed E-state index contributed by atoms with van der Waals surface area (Å²) in [7, 11) is 0. The van der Waals surface area contributed by atoms with E-state index in [0.717, 1.165) is 11.1 Å². The number of fused-ring (bicyclic) bond motifs is 1. The fourth-order valence-corrected chi connectivity index (χ4v) is 1.97. The Balaban J connectivity index is 2.29. The number of alkyl halides is 1. The van der Waals surface area contributed by atoms with Crippen molar-refractivity contribution in [2.45, 2.75) is 13.1 Å². The van der Waals surface area contributed by atoms with Crippen LogP contribution in [-0.2, 0) is 13.1 Å². The topological polar surface area (TPSA) is 40.5 Å². The van der Waals surface area contributed by atoms with Gasteiger partial charge < -0.3 is 5.11 Å². The van der Waals surface area contributed by atoms with E-state index in [4.69, 9.17) is 5.11 Å². The first-order valence-electron chi connectivity index (χ1n) is 4.84. The van der Waals surface area contributed by atoms with Crippen molar-refractivity contribution < 1.29 is 14.3 Å². The van der Waals surface area contributed by atoms with Crippen LogP contribution in [0.2, 0.25) is 0 Å². The first-order valence-corrected chi connectivity index (χ1v) is 4.84. The Hall–Kier alpha value is -1.42. The summed E-state index contributed by atoms with van der Waals surface area (Å²) < 4.78 is 12.2. The molecule has 0 saturated carbocycles. The Bertz CT molecular complexity index is 392. The Labute approximate surface area is 87.1 Å². The molecular formula is C11H12FNO2. The monoisotopic (exact) mass is 209 g/mol. The molecule has 1 aromatic rings. The van der Waals surface area contributed by atoms with Gasteiger partial charge in [0.2, 0.25) is 0 Å². The molecule has 0 aliphatic carbocycles. The molecule has 1 aliphatic heterocycles. The van der Waals surface area contributed by atoms with Crippen molar-refractivity contribution in [1.29, 1.82) is 0 Å². The minimum absolute atomic E-state index is 0.342. The molecule has 0 amide bonds. The Morgan fingerprint density at radius 3 is 2.93 bits per heavy atom. The van der Waals surface area contributed by atoms with E-state index in [-0.39, 0.29) is 0 Å². The van der Waals surface area contributed by atoms with Crippen LogP contribution < -0.4 is 0 Å². The zero-order valence-electron chi connectivity index (χ0n) is 8.24. The maximum Gasteiger partial charge on any atom is 0.336 e. The maximum absolute atomic E-state index is 12.2. The van der Waals surface area contributed by atoms with Crippen molar-refractivity contribution >= 4 is 5.97 Å². The molecule has 2 rings (SSSR count). The number of rotatable bonds is 3. The van der Waals surface area contributed by atoms with Gasteiger partial charge in [-0.05, 0) is 17.2 Å². The van der Waals surface area contributed by atoms with Gasteiger partial charge in [0.1, 0.15) is 6.67 Å². The van der Waals surface area contributed by atoms with E-state index in [1.165, 1.54) is 0 Å². The van der Waals surface area contributed by atoms with Crippen LogP contribution in [0.5, 0.6) is 0 Å². The van der Waals surface area contributed by atoms with Crippen molar-refractivity contribution in [2.24, 2.45) is 0 Å². The molecule has 0 fully saturated rings. The van der Waals surface area contributed by atoms with Crippen molar-refractivity contribution in [2.75, 3.05) is 13.2 Å². The Morgan fingerprint density at radius 2 is 2.27 bits per heavy atom. The van der Waals surface area contributed by atoms with Gasteiger partial charge in [0.15, 0.2) is 0 Å². The Kier molecular flexibility index (Phi) is 2.68. The molecule has 15 heavy (non-hydrogen) atoms. The van der Waals surface area contributed by atoms with Crippen molar-refractivity contribution in [3.63, 3.8) is 0 Å². The molecule has 0 aromatic heterocycles. The van der Waals surface area contributed by atoms with E-state index in [1.807, 2.05) is 11.0 Å². The number of carboxylic acid groups (broad SMARTS) is 1. The molecule has 1 aromatic carbocycles. The molecule has 0 spiro atoms. The summed E-state index contributed by atoms with van der Waals surface area (Å²) in [5, 5.41) is 8.97. The lowest BCUT2D eigenvalue weighted by atomic mass is 10.0. The van der Waals surface area contributed by atoms with E-state index in [0.29, 0.717) is 25.2 Å². The van der Waals surface area contributed by atoms with Gasteiger partial charge in [-0.1, -0.05) is 12.1 Å². The average Bonchev–Trinajstić information content (AvgIpc) is 2.59. The third-order valence-corrected chi connectivity index (χ3v) is 2.68. The van der Waals surface area contributed by atoms with Crippen LogP contribution in [0.15, 0.2) is 18.2 Å². The highest BCUT2D eigenvalue weighted by molar-refractivity contribution is 5.90. The molecule has 0 radical (unpaired) electrons. The molecular weight excluding hydrogens is 197 g/mol. The van der Waals surface area contributed by atoms with Gasteiger partial charge in [-0.25, -0.2) is 9.18 Å². The third kappa shape index (κ3) is 1.85. The van der Waals surface area contributed by atoms with E-state index in [2.05, 4.69) is 0 Å². The fourth-order valence-electron chi connectivity index (χ4n) is 1.97. The highest BCUT2D eigenvalue weighted by atomic mass is 19.1. The second-order valence-corrected chi connectivity index (χ2v) is 3.65. The zero-order valence-corrected chi connectivity index (χ0v) is 8.24. The molecule has 0 bridgehead atoms. The lowest BCUT2D eigenvalue weighted by Gasteiger charge is -2.11. The predicted octanol–water partition coefficient (Wildman–Crippen LogP) is 1.67. The van der Waals surface area contributed by atoms with E-state index < -0.39 is 12.6 Å². The van der Waals surface area contributed by atoms with E-state index >= 15 is 0 Å². The first kappa shape index (κ1) is 10.1. The second-order valence-electron chi connectivity index (χ2n) is 3.65. The number of hydrogen-bond donors (Lipinski definition) is 1. The van der Waals surface area contributed by atoms with Crippen molar-refractivity contribution in [3.8, 4) is 0 Å². The van der Waals surface area contributed by atoms with Gasteiger partial charge in [0, 0.05) is 19.6 Å². The minimum atomic E-state index is -0.908. The van der Waals surface area contributed by atoms with Crippen LogP contribution >= 0.6 is 0 Å². The highest BCUT2D eigenvalue weighted by Crippen LogP contribution is 2.25. The summed E-state index contributed by atoms with van der Waals surface area (Å²) in [6.07, 6.45) is 0. The van der Waals surface area contributed by atoms with Crippen LogP contribution in [0, 0.1) is 0 Å². The van der Waals surface area contributed by atoms with Crippen LogP contribution in [0.1, 0.15) is 21.5 Å². The van der Waals surface area contributed by atoms with Crippen LogP contribution in [0.4, 0.5) is 4.39 Å². The summed E-state index contributed by atoms with van der Waals surface area (Å²) in [6.45, 7) is 1.17. The number of benzene rings is 1. The number of hydrogen-bond acceptors (Lipinski definition) is 2. The van der Waals surface area contributed by atoms with Gasteiger partial charge in [-0.2, -0.15) is 0 Å². The summed E-state index contributed by atoms with van der Waals surface area (Å²) in [6, 6.07) is 5.24. The number of halogens is 1. The molecule has 0 unspecified atom stereocenters. The van der Waals surface area contributed by atoms with Crippen LogP contribution in [0.3, 0.4) is 0 Å². The number of carboxylic acids is 1. The zero-order chi connectivity index (χ0) is 10.8. The molecule has 0 atom stereocenters. The van der Waals surface area contributed by atoms with Crippen molar-refractivity contribution in [1.82, 2.24) is 4.90 Å². The van der Waals surface area contributed by atoms with E-state index in [1.54, 1.807) is 12.1 Å². The first-order chi connectivity index (χ1) is 7.22. The SMILES string of the molecule is O=C(O)c1cccc2c1CN(CCF)C2. The summed E-state index contributed by atoms with van der Waals surface area (Å²) in [5.41, 5.74) is 2.18. The molecule has 1 aliphatic rings. The summed E-state index contributed by atoms with van der Waals surface area (Å²) in [5.74, 6) is -0.908. The van der Waals surface area contributed by atoms with Gasteiger partial charge in [0.25, 0.3) is 0 Å². The largest absolute Gasteiger partial charge is 0.478 e. The third-order valence-electron chi connectivity index (χ3n) is 2.68. The molecule has 80 valence electrons. The number of carbonyl (C=O) groups is 1. The number of aromatic carboxylic acids is 1. The smallest absolute Gasteiger partial charge is 0.336 e. The van der Waals surface area contributed by atoms with Gasteiger partial charge in [-0.15, -0.1) is 0 Å². The molecule has 1 N–H and O–H groups in total. The normalized spacial score (nSPS) is 15.3. The van der Waals surface area contributed by atoms with Crippen molar-refractivity contribution in [3.05, 3.63) is 34.9 Å². The maximum atomic E-state index is 12.2. The molecule has 0 saturated heterocycles. The molecule has 1 heterocycles. The van der Waals surface area contributed by atoms with Crippen LogP contribution in [0.25, 0.3) is 0 Å². The van der Waals surface area contributed by atoms with E-state index in [9.17, 15) is 9.18 Å². The quantitative estimate of drug-likeness (QED) is 0.823. The van der Waals surface area contributed by atoms with Gasteiger partial charge in [-0.3, -0.25) is 4.90 Å². The number of nitrogens with zero attached hydrogens (tertiary/aromatic N) is 1. The van der Waals surface area contributed by atoms with Crippen LogP contribution in [-0.4, -0.2) is 29.2 Å². The lowest BCUT2D eigenvalue weighted by Crippen LogP contribution is -2.19. The minimum Gasteiger partial charge on any atom is -0.478 e. The lowest BCUT2D eigenvalue weighted by molar-refractivity contribution is 0.0695. The summed E-state index contributed by atoms with van der Waals surface area (Å²) in [4.78, 5) is 12.8.